The molecule has 1 aliphatic rings. The van der Waals surface area contributed by atoms with E-state index in [4.69, 9.17) is 14.9 Å². The molecule has 0 amide bonds. The quantitative estimate of drug-likeness (QED) is 0.872. The van der Waals surface area contributed by atoms with E-state index in [1.54, 1.807) is 12.1 Å². The molecule has 0 unspecified atom stereocenters. The van der Waals surface area contributed by atoms with Crippen LogP contribution >= 0.6 is 0 Å². The van der Waals surface area contributed by atoms with E-state index in [9.17, 15) is 9.59 Å². The van der Waals surface area contributed by atoms with Crippen molar-refractivity contribution in [2.24, 2.45) is 5.92 Å². The van der Waals surface area contributed by atoms with Gasteiger partial charge in [0.2, 0.25) is 0 Å². The van der Waals surface area contributed by atoms with Gasteiger partial charge in [-0.3, -0.25) is 4.79 Å². The van der Waals surface area contributed by atoms with E-state index in [0.29, 0.717) is 18.6 Å². The van der Waals surface area contributed by atoms with Gasteiger partial charge in [0.25, 0.3) is 0 Å². The zero-order valence-electron chi connectivity index (χ0n) is 10.4. The van der Waals surface area contributed by atoms with Crippen molar-refractivity contribution in [3.05, 3.63) is 29.8 Å². The first-order valence-corrected chi connectivity index (χ1v) is 6.29. The largest absolute Gasteiger partial charge is 0.490 e. The fraction of sp³-hybridized carbons (Fsp3) is 0.429. The van der Waals surface area contributed by atoms with Gasteiger partial charge in [-0.15, -0.1) is 0 Å². The van der Waals surface area contributed by atoms with E-state index < -0.39 is 11.9 Å². The van der Waals surface area contributed by atoms with Crippen LogP contribution in [-0.2, 0) is 4.79 Å². The van der Waals surface area contributed by atoms with Gasteiger partial charge in [-0.05, 0) is 49.9 Å². The number of rotatable bonds is 4. The van der Waals surface area contributed by atoms with Gasteiger partial charge < -0.3 is 14.9 Å². The standard InChI is InChI=1S/C14H16O5/c15-13(16)9-1-5-11(6-2-9)19-12-7-3-10(4-8-12)14(17)18/h1-2,5-6,10,12H,3-4,7-8H2,(H,15,16)(H,17,18). The molecule has 19 heavy (non-hydrogen) atoms. The summed E-state index contributed by atoms with van der Waals surface area (Å²) in [6, 6.07) is 6.26. The van der Waals surface area contributed by atoms with Gasteiger partial charge in [-0.2, -0.15) is 0 Å². The summed E-state index contributed by atoms with van der Waals surface area (Å²) < 4.78 is 5.73. The molecular formula is C14H16O5. The number of carbonyl (C=O) groups is 2. The molecule has 0 atom stereocenters. The van der Waals surface area contributed by atoms with Crippen LogP contribution in [0.1, 0.15) is 36.0 Å². The third kappa shape index (κ3) is 3.47. The van der Waals surface area contributed by atoms with Crippen molar-refractivity contribution < 1.29 is 24.5 Å². The summed E-state index contributed by atoms with van der Waals surface area (Å²) in [7, 11) is 0. The summed E-state index contributed by atoms with van der Waals surface area (Å²) in [4.78, 5) is 21.5. The highest BCUT2D eigenvalue weighted by atomic mass is 16.5. The Bertz CT molecular complexity index is 457. The van der Waals surface area contributed by atoms with E-state index in [2.05, 4.69) is 0 Å². The maximum absolute atomic E-state index is 10.8. The summed E-state index contributed by atoms with van der Waals surface area (Å²) in [6.45, 7) is 0. The van der Waals surface area contributed by atoms with Gasteiger partial charge in [0.15, 0.2) is 0 Å². The van der Waals surface area contributed by atoms with Crippen LogP contribution in [0.4, 0.5) is 0 Å². The number of aliphatic carboxylic acids is 1. The maximum atomic E-state index is 10.8. The van der Waals surface area contributed by atoms with Crippen molar-refractivity contribution in [2.75, 3.05) is 0 Å². The second-order valence-corrected chi connectivity index (χ2v) is 4.76. The Labute approximate surface area is 110 Å². The van der Waals surface area contributed by atoms with E-state index >= 15 is 0 Å². The SMILES string of the molecule is O=C(O)c1ccc(OC2CCC(C(=O)O)CC2)cc1. The molecule has 1 aromatic rings. The number of ether oxygens (including phenoxy) is 1. The predicted octanol–water partition coefficient (Wildman–Crippen LogP) is 2.41. The van der Waals surface area contributed by atoms with E-state index in [1.807, 2.05) is 0 Å². The van der Waals surface area contributed by atoms with E-state index in [-0.39, 0.29) is 17.6 Å². The van der Waals surface area contributed by atoms with Crippen LogP contribution in [0.5, 0.6) is 5.75 Å². The van der Waals surface area contributed by atoms with E-state index in [0.717, 1.165) is 12.8 Å². The molecule has 0 spiro atoms. The Morgan fingerprint density at radius 1 is 1.00 bits per heavy atom. The number of carboxylic acid groups (broad SMARTS) is 2. The van der Waals surface area contributed by atoms with Crippen molar-refractivity contribution in [2.45, 2.75) is 31.8 Å². The van der Waals surface area contributed by atoms with Crippen molar-refractivity contribution in [3.8, 4) is 5.75 Å². The third-order valence-electron chi connectivity index (χ3n) is 3.43. The average molecular weight is 264 g/mol. The zero-order valence-corrected chi connectivity index (χ0v) is 10.4. The lowest BCUT2D eigenvalue weighted by Gasteiger charge is -2.26. The number of benzene rings is 1. The van der Waals surface area contributed by atoms with Crippen molar-refractivity contribution in [3.63, 3.8) is 0 Å². The molecule has 1 saturated carbocycles. The van der Waals surface area contributed by atoms with Crippen LogP contribution in [-0.4, -0.2) is 28.3 Å². The second-order valence-electron chi connectivity index (χ2n) is 4.76. The van der Waals surface area contributed by atoms with Crippen molar-refractivity contribution in [1.29, 1.82) is 0 Å². The van der Waals surface area contributed by atoms with Crippen LogP contribution in [0, 0.1) is 5.92 Å². The predicted molar refractivity (Wildman–Crippen MR) is 67.4 cm³/mol. The Morgan fingerprint density at radius 2 is 1.58 bits per heavy atom. The van der Waals surface area contributed by atoms with Crippen molar-refractivity contribution in [1.82, 2.24) is 0 Å². The number of hydrogen-bond donors (Lipinski definition) is 2. The van der Waals surface area contributed by atoms with Gasteiger partial charge in [0, 0.05) is 0 Å². The summed E-state index contributed by atoms with van der Waals surface area (Å²) >= 11 is 0. The molecule has 0 saturated heterocycles. The normalized spacial score (nSPS) is 22.7. The first-order chi connectivity index (χ1) is 9.06. The molecule has 0 heterocycles. The Balaban J connectivity index is 1.88. The van der Waals surface area contributed by atoms with Gasteiger partial charge in [0.1, 0.15) is 5.75 Å². The molecule has 0 bridgehead atoms. The molecule has 0 aromatic heterocycles. The molecule has 5 nitrogen and oxygen atoms in total. The highest BCUT2D eigenvalue weighted by Crippen LogP contribution is 2.27. The number of hydrogen-bond acceptors (Lipinski definition) is 3. The maximum Gasteiger partial charge on any atom is 0.335 e. The summed E-state index contributed by atoms with van der Waals surface area (Å²) in [5.74, 6) is -1.32. The molecule has 0 aliphatic heterocycles. The summed E-state index contributed by atoms with van der Waals surface area (Å²) in [6.07, 6.45) is 2.72. The van der Waals surface area contributed by atoms with E-state index in [1.165, 1.54) is 12.1 Å². The lowest BCUT2D eigenvalue weighted by atomic mass is 9.87. The van der Waals surface area contributed by atoms with Gasteiger partial charge in [0.05, 0.1) is 17.6 Å². The van der Waals surface area contributed by atoms with Gasteiger partial charge in [-0.25, -0.2) is 4.79 Å². The van der Waals surface area contributed by atoms with Crippen LogP contribution in [0.15, 0.2) is 24.3 Å². The first kappa shape index (κ1) is 13.4. The molecule has 1 aliphatic carbocycles. The summed E-state index contributed by atoms with van der Waals surface area (Å²) in [5.41, 5.74) is 0.224. The summed E-state index contributed by atoms with van der Waals surface area (Å²) in [5, 5.41) is 17.7. The first-order valence-electron chi connectivity index (χ1n) is 6.29. The van der Waals surface area contributed by atoms with Gasteiger partial charge in [-0.1, -0.05) is 0 Å². The van der Waals surface area contributed by atoms with Crippen LogP contribution in [0.2, 0.25) is 0 Å². The molecule has 1 fully saturated rings. The average Bonchev–Trinajstić information content (AvgIpc) is 2.40. The molecule has 5 heteroatoms. The third-order valence-corrected chi connectivity index (χ3v) is 3.43. The topological polar surface area (TPSA) is 83.8 Å². The minimum absolute atomic E-state index is 0.0197. The van der Waals surface area contributed by atoms with Crippen molar-refractivity contribution >= 4 is 11.9 Å². The second kappa shape index (κ2) is 5.73. The smallest absolute Gasteiger partial charge is 0.335 e. The lowest BCUT2D eigenvalue weighted by Crippen LogP contribution is -2.27. The zero-order chi connectivity index (χ0) is 13.8. The molecule has 2 rings (SSSR count). The number of carboxylic acids is 2. The highest BCUT2D eigenvalue weighted by Gasteiger charge is 2.26. The Hall–Kier alpha value is -2.04. The van der Waals surface area contributed by atoms with Crippen LogP contribution in [0.3, 0.4) is 0 Å². The fourth-order valence-electron chi connectivity index (χ4n) is 2.30. The lowest BCUT2D eigenvalue weighted by molar-refractivity contribution is -0.143. The van der Waals surface area contributed by atoms with Crippen LogP contribution in [0.25, 0.3) is 0 Å². The Kier molecular flexibility index (Phi) is 4.04. The minimum atomic E-state index is -0.964. The van der Waals surface area contributed by atoms with Crippen LogP contribution < -0.4 is 4.74 Å². The molecular weight excluding hydrogens is 248 g/mol. The molecule has 2 N–H and O–H groups in total. The number of aromatic carboxylic acids is 1. The molecule has 0 radical (unpaired) electrons. The minimum Gasteiger partial charge on any atom is -0.490 e. The highest BCUT2D eigenvalue weighted by molar-refractivity contribution is 5.87. The Morgan fingerprint density at radius 3 is 2.05 bits per heavy atom. The molecule has 102 valence electrons. The monoisotopic (exact) mass is 264 g/mol. The fourth-order valence-corrected chi connectivity index (χ4v) is 2.30. The molecule has 1 aromatic carbocycles. The van der Waals surface area contributed by atoms with Gasteiger partial charge >= 0.3 is 11.9 Å².